The van der Waals surface area contributed by atoms with E-state index in [1.165, 1.54) is 7.05 Å². The Morgan fingerprint density at radius 2 is 1.55 bits per heavy atom. The number of rotatable bonds is 5. The molecule has 0 atom stereocenters. The third kappa shape index (κ3) is 3.85. The molecule has 0 unspecified atom stereocenters. The largest absolute Gasteiger partial charge is 0.356 e. The number of anilines is 1. The zero-order valence-corrected chi connectivity index (χ0v) is 16.6. The van der Waals surface area contributed by atoms with E-state index in [1.807, 2.05) is 60.5 Å². The van der Waals surface area contributed by atoms with Crippen LogP contribution in [-0.2, 0) is 20.0 Å². The maximum Gasteiger partial charge on any atom is 0.329 e. The van der Waals surface area contributed by atoms with E-state index in [-0.39, 0.29) is 5.56 Å². The van der Waals surface area contributed by atoms with Crippen LogP contribution in [0, 0.1) is 0 Å². The van der Waals surface area contributed by atoms with Gasteiger partial charge in [-0.05, 0) is 21.9 Å². The maximum atomic E-state index is 13.0. The van der Waals surface area contributed by atoms with Gasteiger partial charge in [0, 0.05) is 27.1 Å². The maximum absolute atomic E-state index is 13.0. The zero-order chi connectivity index (χ0) is 20.4. The smallest absolute Gasteiger partial charge is 0.329 e. The van der Waals surface area contributed by atoms with Gasteiger partial charge in [-0.3, -0.25) is 14.3 Å². The molecule has 3 aromatic carbocycles. The van der Waals surface area contributed by atoms with Gasteiger partial charge in [-0.15, -0.1) is 0 Å². The molecule has 4 aromatic rings. The van der Waals surface area contributed by atoms with Crippen LogP contribution in [-0.4, -0.2) is 16.6 Å². The molecule has 0 bridgehead atoms. The van der Waals surface area contributed by atoms with Crippen molar-refractivity contribution in [3.8, 4) is 0 Å². The first-order valence-electron chi connectivity index (χ1n) is 9.58. The highest BCUT2D eigenvalue weighted by Gasteiger charge is 2.16. The van der Waals surface area contributed by atoms with Crippen LogP contribution in [0.4, 0.5) is 5.82 Å². The molecule has 5 nitrogen and oxygen atoms in total. The monoisotopic (exact) mass is 385 g/mol. The second kappa shape index (κ2) is 7.80. The number of nitrogens with one attached hydrogen (secondary N) is 1. The van der Waals surface area contributed by atoms with E-state index in [9.17, 15) is 9.59 Å². The Hall–Kier alpha value is -3.60. The molecule has 146 valence electrons. The lowest BCUT2D eigenvalue weighted by Crippen LogP contribution is -2.38. The third-order valence-electron chi connectivity index (χ3n) is 5.22. The van der Waals surface area contributed by atoms with Gasteiger partial charge in [0.1, 0.15) is 5.82 Å². The highest BCUT2D eigenvalue weighted by molar-refractivity contribution is 5.83. The van der Waals surface area contributed by atoms with Crippen LogP contribution in [0.1, 0.15) is 16.7 Å². The van der Waals surface area contributed by atoms with E-state index in [0.717, 1.165) is 26.5 Å². The Kier molecular flexibility index (Phi) is 5.04. The van der Waals surface area contributed by atoms with Crippen LogP contribution < -0.4 is 16.1 Å². The molecule has 0 radical (unpaired) electrons. The summed E-state index contributed by atoms with van der Waals surface area (Å²) in [5.74, 6) is 0.565. The van der Waals surface area contributed by atoms with Gasteiger partial charge in [0.2, 0.25) is 0 Å². The summed E-state index contributed by atoms with van der Waals surface area (Å²) in [6.45, 7) is 0.592. The first kappa shape index (κ1) is 18.7. The van der Waals surface area contributed by atoms with Crippen LogP contribution in [0.3, 0.4) is 0 Å². The Bertz CT molecular complexity index is 1270. The number of hydrogen-bond donors (Lipinski definition) is 1. The van der Waals surface area contributed by atoms with Gasteiger partial charge >= 0.3 is 5.69 Å². The van der Waals surface area contributed by atoms with E-state index in [0.29, 0.717) is 24.3 Å². The number of aromatic amines is 1. The zero-order valence-electron chi connectivity index (χ0n) is 16.6. The summed E-state index contributed by atoms with van der Waals surface area (Å²) in [6, 6.07) is 24.3. The number of nitrogens with zero attached hydrogens (tertiary/aromatic N) is 2. The molecular weight excluding hydrogens is 362 g/mol. The predicted molar refractivity (Wildman–Crippen MR) is 118 cm³/mol. The van der Waals surface area contributed by atoms with E-state index in [2.05, 4.69) is 29.2 Å². The van der Waals surface area contributed by atoms with Gasteiger partial charge in [0.15, 0.2) is 0 Å². The van der Waals surface area contributed by atoms with Gasteiger partial charge in [0.05, 0.1) is 5.56 Å². The van der Waals surface area contributed by atoms with Crippen molar-refractivity contribution >= 4 is 16.6 Å². The third-order valence-corrected chi connectivity index (χ3v) is 5.22. The summed E-state index contributed by atoms with van der Waals surface area (Å²) in [4.78, 5) is 30.1. The van der Waals surface area contributed by atoms with Crippen molar-refractivity contribution in [1.29, 1.82) is 0 Å². The second-order valence-electron chi connectivity index (χ2n) is 7.32. The number of fused-ring (bicyclic) bond motifs is 1. The highest BCUT2D eigenvalue weighted by atomic mass is 16.2. The van der Waals surface area contributed by atoms with E-state index < -0.39 is 5.69 Å². The Morgan fingerprint density at radius 1 is 0.862 bits per heavy atom. The van der Waals surface area contributed by atoms with Crippen LogP contribution in [0.5, 0.6) is 0 Å². The molecule has 0 fully saturated rings. The lowest BCUT2D eigenvalue weighted by molar-refractivity contribution is 0.742. The van der Waals surface area contributed by atoms with Crippen molar-refractivity contribution in [3.05, 3.63) is 110 Å². The van der Waals surface area contributed by atoms with Crippen molar-refractivity contribution in [2.24, 2.45) is 7.05 Å². The number of aromatic nitrogens is 2. The molecule has 0 spiro atoms. The van der Waals surface area contributed by atoms with Crippen LogP contribution in [0.25, 0.3) is 10.8 Å². The minimum Gasteiger partial charge on any atom is -0.356 e. The first-order chi connectivity index (χ1) is 14.0. The molecule has 0 aliphatic rings. The van der Waals surface area contributed by atoms with E-state index >= 15 is 0 Å². The standard InChI is InChI=1S/C24H23N3O2/c1-26(16-17-8-4-3-5-9-17)22-21(23(28)27(2)24(29)25-22)15-18-12-13-19-10-6-7-11-20(19)14-18/h3-14H,15-16H2,1-2H3,(H,25,29). The predicted octanol–water partition coefficient (Wildman–Crippen LogP) is 3.45. The lowest BCUT2D eigenvalue weighted by Gasteiger charge is -2.22. The van der Waals surface area contributed by atoms with Gasteiger partial charge in [-0.2, -0.15) is 0 Å². The molecule has 0 aliphatic heterocycles. The fourth-order valence-corrected chi connectivity index (χ4v) is 3.63. The van der Waals surface area contributed by atoms with E-state index in [1.54, 1.807) is 0 Å². The van der Waals surface area contributed by atoms with Crippen LogP contribution in [0.15, 0.2) is 82.4 Å². The molecule has 0 aliphatic carbocycles. The summed E-state index contributed by atoms with van der Waals surface area (Å²) >= 11 is 0. The normalized spacial score (nSPS) is 11.0. The van der Waals surface area contributed by atoms with Gasteiger partial charge in [-0.1, -0.05) is 72.8 Å². The van der Waals surface area contributed by atoms with Crippen molar-refractivity contribution in [3.63, 3.8) is 0 Å². The fourth-order valence-electron chi connectivity index (χ4n) is 3.63. The summed E-state index contributed by atoms with van der Waals surface area (Å²) in [5.41, 5.74) is 2.04. The average molecular weight is 385 g/mol. The molecular formula is C24H23N3O2. The summed E-state index contributed by atoms with van der Waals surface area (Å²) in [7, 11) is 3.40. The number of H-pyrrole nitrogens is 1. The van der Waals surface area contributed by atoms with E-state index in [4.69, 9.17) is 0 Å². The topological polar surface area (TPSA) is 58.1 Å². The van der Waals surface area contributed by atoms with Crippen molar-refractivity contribution in [2.75, 3.05) is 11.9 Å². The molecule has 0 saturated heterocycles. The molecule has 5 heteroatoms. The summed E-state index contributed by atoms with van der Waals surface area (Å²) in [5, 5.41) is 2.29. The Labute approximate surface area is 168 Å². The van der Waals surface area contributed by atoms with Gasteiger partial charge < -0.3 is 4.90 Å². The fraction of sp³-hybridized carbons (Fsp3) is 0.167. The minimum atomic E-state index is -0.410. The summed E-state index contributed by atoms with van der Waals surface area (Å²) < 4.78 is 1.14. The SMILES string of the molecule is CN(Cc1ccccc1)c1[nH]c(=O)n(C)c(=O)c1Cc1ccc2ccccc2c1. The van der Waals surface area contributed by atoms with Crippen molar-refractivity contribution in [1.82, 2.24) is 9.55 Å². The van der Waals surface area contributed by atoms with Crippen LogP contribution in [0.2, 0.25) is 0 Å². The Balaban J connectivity index is 1.75. The number of benzene rings is 3. The molecule has 1 aromatic heterocycles. The molecule has 0 saturated carbocycles. The highest BCUT2D eigenvalue weighted by Crippen LogP contribution is 2.21. The quantitative estimate of drug-likeness (QED) is 0.572. The van der Waals surface area contributed by atoms with Crippen LogP contribution >= 0.6 is 0 Å². The minimum absolute atomic E-state index is 0.267. The molecule has 4 rings (SSSR count). The van der Waals surface area contributed by atoms with Gasteiger partial charge in [0.25, 0.3) is 5.56 Å². The van der Waals surface area contributed by atoms with Crippen molar-refractivity contribution < 1.29 is 0 Å². The number of hydrogen-bond acceptors (Lipinski definition) is 3. The van der Waals surface area contributed by atoms with Gasteiger partial charge in [-0.25, -0.2) is 4.79 Å². The second-order valence-corrected chi connectivity index (χ2v) is 7.32. The average Bonchev–Trinajstić information content (AvgIpc) is 2.74. The Morgan fingerprint density at radius 3 is 2.31 bits per heavy atom. The van der Waals surface area contributed by atoms with Crippen molar-refractivity contribution in [2.45, 2.75) is 13.0 Å². The summed E-state index contributed by atoms with van der Waals surface area (Å²) in [6.07, 6.45) is 0.447. The molecule has 29 heavy (non-hydrogen) atoms. The molecule has 1 heterocycles. The first-order valence-corrected chi connectivity index (χ1v) is 9.58. The molecule has 1 N–H and O–H groups in total. The lowest BCUT2D eigenvalue weighted by atomic mass is 10.0. The molecule has 0 amide bonds.